The molecule has 0 bridgehead atoms. The lowest BCUT2D eigenvalue weighted by molar-refractivity contribution is -0.402. The van der Waals surface area contributed by atoms with Gasteiger partial charge in [-0.2, -0.15) is 0 Å². The smallest absolute Gasteiger partial charge is 0.229 e. The predicted octanol–water partition coefficient (Wildman–Crippen LogP) is -3.96. The predicted molar refractivity (Wildman–Crippen MR) is 48.9 cm³/mol. The fraction of sp³-hybridized carbons (Fsp3) is 0.667. The molecule has 0 aliphatic carbocycles. The summed E-state index contributed by atoms with van der Waals surface area (Å²) in [5.41, 5.74) is 3.79. The Labute approximate surface area is 90.5 Å². The van der Waals surface area contributed by atoms with Crippen LogP contribution in [-0.4, -0.2) is 43.2 Å². The van der Waals surface area contributed by atoms with E-state index >= 15 is 0 Å². The quantitative estimate of drug-likeness (QED) is 0.494. The summed E-state index contributed by atoms with van der Waals surface area (Å²) >= 11 is 0. The van der Waals surface area contributed by atoms with Gasteiger partial charge in [0.15, 0.2) is 0 Å². The van der Waals surface area contributed by atoms with E-state index in [2.05, 4.69) is 12.3 Å². The van der Waals surface area contributed by atoms with Crippen LogP contribution in [0.1, 0.15) is 6.42 Å². The van der Waals surface area contributed by atoms with Gasteiger partial charge in [0.1, 0.15) is 6.04 Å². The van der Waals surface area contributed by atoms with Gasteiger partial charge in [-0.05, 0) is 6.08 Å². The molecule has 5 heteroatoms. The van der Waals surface area contributed by atoms with E-state index in [1.807, 2.05) is 4.90 Å². The molecule has 1 saturated heterocycles. The Balaban J connectivity index is 0.00000169. The van der Waals surface area contributed by atoms with Crippen LogP contribution in [0.5, 0.6) is 0 Å². The first-order valence-corrected chi connectivity index (χ1v) is 4.55. The van der Waals surface area contributed by atoms with E-state index in [1.165, 1.54) is 0 Å². The van der Waals surface area contributed by atoms with E-state index in [4.69, 9.17) is 4.74 Å². The van der Waals surface area contributed by atoms with Crippen molar-refractivity contribution in [2.45, 2.75) is 12.5 Å². The Hall–Kier alpha value is -0.580. The zero-order valence-corrected chi connectivity index (χ0v) is 9.00. The average molecular weight is 221 g/mol. The normalized spacial score (nSPS) is 18.2. The van der Waals surface area contributed by atoms with E-state index in [9.17, 15) is 4.79 Å². The van der Waals surface area contributed by atoms with Gasteiger partial charge in [-0.3, -0.25) is 4.79 Å². The molecule has 14 heavy (non-hydrogen) atoms. The lowest BCUT2D eigenvalue weighted by atomic mass is 10.2. The Morgan fingerprint density at radius 3 is 2.64 bits per heavy atom. The largest absolute Gasteiger partial charge is 1.00 e. The standard InChI is InChI=1S/C9H16N2O2.ClH/c1-2-8(10)7-9(12)11-3-5-13-6-4-11;/h2,8H,1,3-7,10H2;1H. The average Bonchev–Trinajstić information content (AvgIpc) is 2.19. The summed E-state index contributed by atoms with van der Waals surface area (Å²) in [5.74, 6) is 0.156. The molecule has 1 heterocycles. The third-order valence-electron chi connectivity index (χ3n) is 2.13. The van der Waals surface area contributed by atoms with Gasteiger partial charge in [-0.15, -0.1) is 0 Å². The maximum absolute atomic E-state index is 11.6. The topological polar surface area (TPSA) is 57.2 Å². The Morgan fingerprint density at radius 2 is 2.14 bits per heavy atom. The second kappa shape index (κ2) is 6.81. The van der Waals surface area contributed by atoms with Crippen LogP contribution in [0.15, 0.2) is 12.7 Å². The van der Waals surface area contributed by atoms with Crippen LogP contribution in [0, 0.1) is 0 Å². The summed E-state index contributed by atoms with van der Waals surface area (Å²) in [6, 6.07) is 0.0235. The lowest BCUT2D eigenvalue weighted by Crippen LogP contribution is -3.00. The molecule has 82 valence electrons. The first kappa shape index (κ1) is 13.4. The van der Waals surface area contributed by atoms with E-state index < -0.39 is 0 Å². The number of carbonyl (C=O) groups is 1. The molecule has 4 nitrogen and oxygen atoms in total. The van der Waals surface area contributed by atoms with Gasteiger partial charge in [0, 0.05) is 13.1 Å². The Bertz CT molecular complexity index is 193. The monoisotopic (exact) mass is 220 g/mol. The van der Waals surface area contributed by atoms with Crippen molar-refractivity contribution in [1.82, 2.24) is 4.90 Å². The number of morpholine rings is 1. The second-order valence-electron chi connectivity index (χ2n) is 3.19. The molecule has 1 aliphatic heterocycles. The van der Waals surface area contributed by atoms with Crippen LogP contribution >= 0.6 is 0 Å². The molecule has 1 aliphatic rings. The van der Waals surface area contributed by atoms with Crippen molar-refractivity contribution in [3.63, 3.8) is 0 Å². The number of quaternary nitrogens is 1. The molecule has 3 N–H and O–H groups in total. The summed E-state index contributed by atoms with van der Waals surface area (Å²) in [4.78, 5) is 13.4. The van der Waals surface area contributed by atoms with Crippen LogP contribution in [0.25, 0.3) is 0 Å². The van der Waals surface area contributed by atoms with Gasteiger partial charge in [0.25, 0.3) is 0 Å². The summed E-state index contributed by atoms with van der Waals surface area (Å²) in [6.07, 6.45) is 2.17. The molecule has 0 radical (unpaired) electrons. The molecule has 1 amide bonds. The fourth-order valence-corrected chi connectivity index (χ4v) is 1.25. The molecule has 0 aromatic rings. The molecule has 0 saturated carbocycles. The number of hydrogen-bond donors (Lipinski definition) is 1. The zero-order valence-electron chi connectivity index (χ0n) is 8.25. The molecule has 1 atom stereocenters. The first-order chi connectivity index (χ1) is 6.24. The van der Waals surface area contributed by atoms with Crippen LogP contribution in [0.4, 0.5) is 0 Å². The van der Waals surface area contributed by atoms with Crippen LogP contribution in [0.2, 0.25) is 0 Å². The fourth-order valence-electron chi connectivity index (χ4n) is 1.25. The second-order valence-corrected chi connectivity index (χ2v) is 3.19. The molecule has 1 unspecified atom stereocenters. The number of ether oxygens (including phenoxy) is 1. The van der Waals surface area contributed by atoms with E-state index in [-0.39, 0.29) is 24.4 Å². The van der Waals surface area contributed by atoms with E-state index in [0.717, 1.165) is 0 Å². The Morgan fingerprint density at radius 1 is 1.57 bits per heavy atom. The van der Waals surface area contributed by atoms with E-state index in [0.29, 0.717) is 32.7 Å². The van der Waals surface area contributed by atoms with Crippen LogP contribution in [0.3, 0.4) is 0 Å². The number of hydrogen-bond acceptors (Lipinski definition) is 2. The maximum Gasteiger partial charge on any atom is 0.229 e. The first-order valence-electron chi connectivity index (χ1n) is 4.55. The Kier molecular flexibility index (Phi) is 6.53. The third kappa shape index (κ3) is 4.09. The molecule has 1 fully saturated rings. The number of rotatable bonds is 3. The van der Waals surface area contributed by atoms with Crippen molar-refractivity contribution >= 4 is 5.91 Å². The summed E-state index contributed by atoms with van der Waals surface area (Å²) in [6.45, 7) is 6.33. The van der Waals surface area contributed by atoms with Crippen LogP contribution < -0.4 is 18.1 Å². The van der Waals surface area contributed by atoms with Crippen molar-refractivity contribution in [1.29, 1.82) is 0 Å². The number of amides is 1. The zero-order chi connectivity index (χ0) is 9.68. The molecular weight excluding hydrogens is 204 g/mol. The van der Waals surface area contributed by atoms with Crippen LogP contribution in [-0.2, 0) is 9.53 Å². The highest BCUT2D eigenvalue weighted by Gasteiger charge is 2.18. The van der Waals surface area contributed by atoms with Gasteiger partial charge in [0.2, 0.25) is 5.91 Å². The molecule has 0 spiro atoms. The SMILES string of the molecule is C=CC([NH3+])CC(=O)N1CCOCC1.[Cl-]. The van der Waals surface area contributed by atoms with Gasteiger partial charge in [-0.25, -0.2) is 0 Å². The maximum atomic E-state index is 11.6. The third-order valence-corrected chi connectivity index (χ3v) is 2.13. The minimum absolute atomic E-state index is 0. The molecular formula is C9H17ClN2O2. The summed E-state index contributed by atoms with van der Waals surface area (Å²) in [7, 11) is 0. The number of nitrogens with zero attached hydrogens (tertiary/aromatic N) is 1. The van der Waals surface area contributed by atoms with E-state index in [1.54, 1.807) is 6.08 Å². The minimum atomic E-state index is 0. The number of halogens is 1. The summed E-state index contributed by atoms with van der Waals surface area (Å²) in [5, 5.41) is 0. The van der Waals surface area contributed by atoms with Gasteiger partial charge in [0.05, 0.1) is 19.6 Å². The highest BCUT2D eigenvalue weighted by atomic mass is 35.5. The lowest BCUT2D eigenvalue weighted by Gasteiger charge is -2.27. The summed E-state index contributed by atoms with van der Waals surface area (Å²) < 4.78 is 5.15. The molecule has 0 aromatic carbocycles. The van der Waals surface area contributed by atoms with Gasteiger partial charge < -0.3 is 27.8 Å². The highest BCUT2D eigenvalue weighted by molar-refractivity contribution is 5.76. The highest BCUT2D eigenvalue weighted by Crippen LogP contribution is 2.01. The minimum Gasteiger partial charge on any atom is -1.00 e. The van der Waals surface area contributed by atoms with Crippen molar-refractivity contribution in [2.24, 2.45) is 0 Å². The number of carbonyl (C=O) groups excluding carboxylic acids is 1. The van der Waals surface area contributed by atoms with Crippen molar-refractivity contribution in [2.75, 3.05) is 26.3 Å². The van der Waals surface area contributed by atoms with Crippen molar-refractivity contribution in [3.05, 3.63) is 12.7 Å². The molecule has 1 rings (SSSR count). The van der Waals surface area contributed by atoms with Crippen molar-refractivity contribution in [3.8, 4) is 0 Å². The molecule has 0 aromatic heterocycles. The van der Waals surface area contributed by atoms with Gasteiger partial charge in [-0.1, -0.05) is 6.58 Å². The van der Waals surface area contributed by atoms with Gasteiger partial charge >= 0.3 is 0 Å². The van der Waals surface area contributed by atoms with Crippen molar-refractivity contribution < 1.29 is 27.7 Å².